The molecular formula is C18H11BrO4. The van der Waals surface area contributed by atoms with Gasteiger partial charge in [0.2, 0.25) is 5.75 Å². The van der Waals surface area contributed by atoms with Crippen LogP contribution in [0.25, 0.3) is 21.9 Å². The fraction of sp³-hybridized carbons (Fsp3) is 0.0556. The Bertz CT molecular complexity index is 1060. The van der Waals surface area contributed by atoms with E-state index in [2.05, 4.69) is 15.9 Å². The van der Waals surface area contributed by atoms with Crippen LogP contribution < -0.4 is 10.4 Å². The van der Waals surface area contributed by atoms with E-state index >= 15 is 0 Å². The van der Waals surface area contributed by atoms with Gasteiger partial charge in [-0.1, -0.05) is 34.1 Å². The predicted octanol–water partition coefficient (Wildman–Crippen LogP) is 4.88. The van der Waals surface area contributed by atoms with E-state index < -0.39 is 5.63 Å². The van der Waals surface area contributed by atoms with Crippen LogP contribution in [-0.2, 0) is 6.61 Å². The molecule has 2 aromatic carbocycles. The lowest BCUT2D eigenvalue weighted by Crippen LogP contribution is -2.00. The number of hydrogen-bond acceptors (Lipinski definition) is 4. The smallest absolute Gasteiger partial charge is 0.336 e. The van der Waals surface area contributed by atoms with Gasteiger partial charge in [0.05, 0.1) is 6.26 Å². The molecule has 0 saturated heterocycles. The van der Waals surface area contributed by atoms with Crippen molar-refractivity contribution in [3.63, 3.8) is 0 Å². The molecule has 4 nitrogen and oxygen atoms in total. The van der Waals surface area contributed by atoms with E-state index in [0.29, 0.717) is 23.5 Å². The van der Waals surface area contributed by atoms with Crippen LogP contribution in [0.5, 0.6) is 5.75 Å². The van der Waals surface area contributed by atoms with Crippen LogP contribution in [0.1, 0.15) is 5.56 Å². The van der Waals surface area contributed by atoms with E-state index in [0.717, 1.165) is 20.8 Å². The molecule has 0 saturated carbocycles. The zero-order chi connectivity index (χ0) is 15.8. The van der Waals surface area contributed by atoms with Gasteiger partial charge in [0.25, 0.3) is 0 Å². The largest absolute Gasteiger partial charge is 0.481 e. The Labute approximate surface area is 139 Å². The molecule has 0 radical (unpaired) electrons. The molecule has 0 unspecified atom stereocenters. The standard InChI is InChI=1S/C18H11BrO4/c19-14-4-2-1-3-13(14)10-22-18-16-12(7-8-21-16)9-11-5-6-15(20)23-17(11)18/h1-9H,10H2. The maximum atomic E-state index is 11.6. The number of ether oxygens (including phenoxy) is 1. The van der Waals surface area contributed by atoms with Crippen LogP contribution >= 0.6 is 15.9 Å². The van der Waals surface area contributed by atoms with Crippen LogP contribution in [0.4, 0.5) is 0 Å². The lowest BCUT2D eigenvalue weighted by Gasteiger charge is -2.10. The molecule has 0 aliphatic carbocycles. The summed E-state index contributed by atoms with van der Waals surface area (Å²) in [5.41, 5.74) is 1.53. The second-order valence-corrected chi connectivity index (χ2v) is 5.95. The Morgan fingerprint density at radius 1 is 1.00 bits per heavy atom. The van der Waals surface area contributed by atoms with Gasteiger partial charge < -0.3 is 13.6 Å². The molecule has 5 heteroatoms. The lowest BCUT2D eigenvalue weighted by atomic mass is 10.1. The summed E-state index contributed by atoms with van der Waals surface area (Å²) in [5, 5.41) is 1.69. The number of furan rings is 1. The van der Waals surface area contributed by atoms with E-state index in [1.807, 2.05) is 36.4 Å². The number of benzene rings is 2. The van der Waals surface area contributed by atoms with Gasteiger partial charge in [-0.15, -0.1) is 0 Å². The Morgan fingerprint density at radius 3 is 2.70 bits per heavy atom. The summed E-state index contributed by atoms with van der Waals surface area (Å²) in [6.07, 6.45) is 1.59. The van der Waals surface area contributed by atoms with Gasteiger partial charge in [0.15, 0.2) is 11.2 Å². The van der Waals surface area contributed by atoms with Gasteiger partial charge in [0.1, 0.15) is 6.61 Å². The van der Waals surface area contributed by atoms with Crippen LogP contribution in [0, 0.1) is 0 Å². The fourth-order valence-electron chi connectivity index (χ4n) is 2.50. The van der Waals surface area contributed by atoms with Crippen molar-refractivity contribution in [2.45, 2.75) is 6.61 Å². The van der Waals surface area contributed by atoms with Crippen LogP contribution in [0.3, 0.4) is 0 Å². The van der Waals surface area contributed by atoms with Crippen molar-refractivity contribution < 1.29 is 13.6 Å². The summed E-state index contributed by atoms with van der Waals surface area (Å²) in [6, 6.07) is 14.7. The highest BCUT2D eigenvalue weighted by Crippen LogP contribution is 2.35. The molecule has 114 valence electrons. The molecule has 0 fully saturated rings. The number of fused-ring (bicyclic) bond motifs is 2. The first-order valence-electron chi connectivity index (χ1n) is 7.02. The van der Waals surface area contributed by atoms with Gasteiger partial charge in [-0.2, -0.15) is 0 Å². The minimum absolute atomic E-state index is 0.328. The van der Waals surface area contributed by atoms with Crippen molar-refractivity contribution in [2.24, 2.45) is 0 Å². The van der Waals surface area contributed by atoms with Gasteiger partial charge >= 0.3 is 5.63 Å². The predicted molar refractivity (Wildman–Crippen MR) is 90.7 cm³/mol. The van der Waals surface area contributed by atoms with Gasteiger partial charge in [0, 0.05) is 26.9 Å². The lowest BCUT2D eigenvalue weighted by molar-refractivity contribution is 0.302. The van der Waals surface area contributed by atoms with Crippen LogP contribution in [0.2, 0.25) is 0 Å². The van der Waals surface area contributed by atoms with Crippen LogP contribution in [-0.4, -0.2) is 0 Å². The summed E-state index contributed by atoms with van der Waals surface area (Å²) in [5.74, 6) is 0.441. The maximum Gasteiger partial charge on any atom is 0.336 e. The quantitative estimate of drug-likeness (QED) is 0.482. The zero-order valence-electron chi connectivity index (χ0n) is 11.9. The summed E-state index contributed by atoms with van der Waals surface area (Å²) >= 11 is 3.50. The van der Waals surface area contributed by atoms with Gasteiger partial charge in [-0.05, 0) is 24.3 Å². The normalized spacial score (nSPS) is 11.2. The SMILES string of the molecule is O=c1ccc2cc3ccoc3c(OCc3ccccc3Br)c2o1. The summed E-state index contributed by atoms with van der Waals surface area (Å²) in [7, 11) is 0. The molecule has 0 amide bonds. The molecule has 2 heterocycles. The Kier molecular flexibility index (Phi) is 3.42. The zero-order valence-corrected chi connectivity index (χ0v) is 13.5. The molecule has 23 heavy (non-hydrogen) atoms. The van der Waals surface area contributed by atoms with Crippen molar-refractivity contribution in [1.29, 1.82) is 0 Å². The Morgan fingerprint density at radius 2 is 1.83 bits per heavy atom. The minimum Gasteiger partial charge on any atom is -0.481 e. The Balaban J connectivity index is 1.86. The highest BCUT2D eigenvalue weighted by Gasteiger charge is 2.15. The number of rotatable bonds is 3. The summed E-state index contributed by atoms with van der Waals surface area (Å²) in [6.45, 7) is 0.328. The second-order valence-electron chi connectivity index (χ2n) is 5.10. The first kappa shape index (κ1) is 14.1. The number of hydrogen-bond donors (Lipinski definition) is 0. The molecular weight excluding hydrogens is 360 g/mol. The van der Waals surface area contributed by atoms with E-state index in [4.69, 9.17) is 13.6 Å². The Hall–Kier alpha value is -2.53. The maximum absolute atomic E-state index is 11.6. The molecule has 0 spiro atoms. The highest BCUT2D eigenvalue weighted by atomic mass is 79.9. The third-order valence-corrected chi connectivity index (χ3v) is 4.39. The topological polar surface area (TPSA) is 52.6 Å². The molecule has 0 bridgehead atoms. The monoisotopic (exact) mass is 370 g/mol. The fourth-order valence-corrected chi connectivity index (χ4v) is 2.90. The molecule has 0 aliphatic heterocycles. The average molecular weight is 371 g/mol. The molecule has 2 aromatic heterocycles. The highest BCUT2D eigenvalue weighted by molar-refractivity contribution is 9.10. The third kappa shape index (κ3) is 2.53. The molecule has 0 N–H and O–H groups in total. The number of halogens is 1. The first-order chi connectivity index (χ1) is 11.2. The molecule has 4 rings (SSSR count). The van der Waals surface area contributed by atoms with E-state index in [-0.39, 0.29) is 0 Å². The van der Waals surface area contributed by atoms with Gasteiger partial charge in [-0.25, -0.2) is 4.79 Å². The summed E-state index contributed by atoms with van der Waals surface area (Å²) < 4.78 is 17.8. The van der Waals surface area contributed by atoms with E-state index in [1.165, 1.54) is 6.07 Å². The van der Waals surface area contributed by atoms with E-state index in [9.17, 15) is 4.79 Å². The van der Waals surface area contributed by atoms with E-state index in [1.54, 1.807) is 12.3 Å². The van der Waals surface area contributed by atoms with Gasteiger partial charge in [-0.3, -0.25) is 0 Å². The van der Waals surface area contributed by atoms with Crippen molar-refractivity contribution in [2.75, 3.05) is 0 Å². The molecule has 0 aliphatic rings. The molecule has 4 aromatic rings. The van der Waals surface area contributed by atoms with Crippen molar-refractivity contribution >= 4 is 37.9 Å². The average Bonchev–Trinajstić information content (AvgIpc) is 3.01. The van der Waals surface area contributed by atoms with Crippen molar-refractivity contribution in [1.82, 2.24) is 0 Å². The molecule has 0 atom stereocenters. The minimum atomic E-state index is -0.422. The van der Waals surface area contributed by atoms with Crippen LogP contribution in [0.15, 0.2) is 72.9 Å². The third-order valence-electron chi connectivity index (χ3n) is 3.61. The first-order valence-corrected chi connectivity index (χ1v) is 7.82. The summed E-state index contributed by atoms with van der Waals surface area (Å²) in [4.78, 5) is 11.6. The van der Waals surface area contributed by atoms with Crippen molar-refractivity contribution in [3.05, 3.63) is 75.3 Å². The van der Waals surface area contributed by atoms with Crippen molar-refractivity contribution in [3.8, 4) is 5.75 Å². The second kappa shape index (κ2) is 5.59.